The smallest absolute Gasteiger partial charge is 0.0174 e. The quantitative estimate of drug-likeness (QED) is 0.527. The molecular weight excluding hydrogens is 240 g/mol. The monoisotopic (exact) mass is 272 g/mol. The van der Waals surface area contributed by atoms with Gasteiger partial charge in [0.15, 0.2) is 0 Å². The molecule has 0 nitrogen and oxygen atoms in total. The number of rotatable bonds is 1. The summed E-state index contributed by atoms with van der Waals surface area (Å²) in [6.45, 7) is 5.10. The standard InChI is InChI=1S/C20H32/c1-3-15-9-11-19-18-10-8-14-6-4-5-7-16(14)17(18)12-13-20(15,19)2/h5,7,14-19H,3-4,6,8-13H2,1-2H3/t14?,15-,16-,17+,18+,19-,20+/m0/s1. The minimum atomic E-state index is 0.709. The molecule has 4 aliphatic rings. The first-order chi connectivity index (χ1) is 9.74. The number of hydrogen-bond donors (Lipinski definition) is 0. The van der Waals surface area contributed by atoms with Crippen molar-refractivity contribution >= 4 is 0 Å². The molecule has 0 bridgehead atoms. The molecule has 4 aliphatic carbocycles. The average Bonchev–Trinajstić information content (AvgIpc) is 2.83. The van der Waals surface area contributed by atoms with E-state index in [-0.39, 0.29) is 0 Å². The van der Waals surface area contributed by atoms with Crippen molar-refractivity contribution in [3.63, 3.8) is 0 Å². The number of fused-ring (bicyclic) bond motifs is 5. The van der Waals surface area contributed by atoms with Gasteiger partial charge >= 0.3 is 0 Å². The fourth-order valence-corrected chi connectivity index (χ4v) is 7.14. The lowest BCUT2D eigenvalue weighted by molar-refractivity contribution is -0.0425. The van der Waals surface area contributed by atoms with Gasteiger partial charge < -0.3 is 0 Å². The van der Waals surface area contributed by atoms with Crippen molar-refractivity contribution in [1.82, 2.24) is 0 Å². The predicted octanol–water partition coefficient (Wildman–Crippen LogP) is 5.83. The van der Waals surface area contributed by atoms with Gasteiger partial charge in [0.05, 0.1) is 0 Å². The molecular formula is C20H32. The van der Waals surface area contributed by atoms with Crippen LogP contribution in [0.1, 0.15) is 71.6 Å². The highest BCUT2D eigenvalue weighted by Gasteiger charge is 2.55. The lowest BCUT2D eigenvalue weighted by atomic mass is 9.50. The van der Waals surface area contributed by atoms with Crippen LogP contribution in [0.2, 0.25) is 0 Å². The second kappa shape index (κ2) is 4.89. The largest absolute Gasteiger partial charge is 0.0882 e. The zero-order valence-electron chi connectivity index (χ0n) is 13.5. The van der Waals surface area contributed by atoms with Crippen molar-refractivity contribution in [2.75, 3.05) is 0 Å². The Labute approximate surface area is 125 Å². The highest BCUT2D eigenvalue weighted by atomic mass is 14.6. The third-order valence-corrected chi connectivity index (χ3v) is 8.15. The first-order valence-corrected chi connectivity index (χ1v) is 9.40. The van der Waals surface area contributed by atoms with Crippen LogP contribution in [-0.2, 0) is 0 Å². The summed E-state index contributed by atoms with van der Waals surface area (Å²) in [5.41, 5.74) is 0.709. The van der Waals surface area contributed by atoms with E-state index in [0.29, 0.717) is 5.41 Å². The molecule has 20 heavy (non-hydrogen) atoms. The Morgan fingerprint density at radius 1 is 1.00 bits per heavy atom. The van der Waals surface area contributed by atoms with Gasteiger partial charge in [-0.05, 0) is 92.3 Å². The van der Waals surface area contributed by atoms with Gasteiger partial charge in [-0.15, -0.1) is 0 Å². The minimum Gasteiger partial charge on any atom is -0.0882 e. The molecule has 0 aromatic heterocycles. The second-order valence-electron chi connectivity index (χ2n) is 8.58. The minimum absolute atomic E-state index is 0.709. The summed E-state index contributed by atoms with van der Waals surface area (Å²) in [4.78, 5) is 0. The zero-order valence-corrected chi connectivity index (χ0v) is 13.5. The van der Waals surface area contributed by atoms with Crippen LogP contribution < -0.4 is 0 Å². The van der Waals surface area contributed by atoms with Gasteiger partial charge in [0.25, 0.3) is 0 Å². The van der Waals surface area contributed by atoms with Gasteiger partial charge in [-0.25, -0.2) is 0 Å². The summed E-state index contributed by atoms with van der Waals surface area (Å²) in [7, 11) is 0. The van der Waals surface area contributed by atoms with Crippen LogP contribution in [0.3, 0.4) is 0 Å². The second-order valence-corrected chi connectivity index (χ2v) is 8.58. The normalized spacial score (nSPS) is 54.1. The predicted molar refractivity (Wildman–Crippen MR) is 85.4 cm³/mol. The third kappa shape index (κ3) is 1.79. The van der Waals surface area contributed by atoms with E-state index in [0.717, 1.165) is 35.5 Å². The van der Waals surface area contributed by atoms with Gasteiger partial charge in [-0.1, -0.05) is 32.4 Å². The molecule has 3 saturated carbocycles. The molecule has 7 atom stereocenters. The molecule has 0 heteroatoms. The van der Waals surface area contributed by atoms with E-state index in [4.69, 9.17) is 0 Å². The zero-order chi connectivity index (χ0) is 13.7. The summed E-state index contributed by atoms with van der Waals surface area (Å²) < 4.78 is 0. The lowest BCUT2D eigenvalue weighted by Crippen LogP contribution is -2.47. The Morgan fingerprint density at radius 2 is 1.90 bits per heavy atom. The highest BCUT2D eigenvalue weighted by molar-refractivity contribution is 5.09. The van der Waals surface area contributed by atoms with Gasteiger partial charge in [0.2, 0.25) is 0 Å². The van der Waals surface area contributed by atoms with Crippen molar-refractivity contribution in [3.8, 4) is 0 Å². The van der Waals surface area contributed by atoms with E-state index in [1.807, 2.05) is 0 Å². The molecule has 0 aliphatic heterocycles. The number of hydrogen-bond acceptors (Lipinski definition) is 0. The summed E-state index contributed by atoms with van der Waals surface area (Å²) in [6.07, 6.45) is 18.7. The van der Waals surface area contributed by atoms with Crippen LogP contribution in [-0.4, -0.2) is 0 Å². The summed E-state index contributed by atoms with van der Waals surface area (Å²) in [6, 6.07) is 0. The molecule has 0 N–H and O–H groups in total. The third-order valence-electron chi connectivity index (χ3n) is 8.15. The fraction of sp³-hybridized carbons (Fsp3) is 0.900. The van der Waals surface area contributed by atoms with E-state index in [2.05, 4.69) is 26.0 Å². The molecule has 0 saturated heterocycles. The highest BCUT2D eigenvalue weighted by Crippen LogP contribution is 2.64. The van der Waals surface area contributed by atoms with Crippen LogP contribution in [0.5, 0.6) is 0 Å². The first kappa shape index (κ1) is 13.4. The van der Waals surface area contributed by atoms with Crippen LogP contribution in [0.15, 0.2) is 12.2 Å². The van der Waals surface area contributed by atoms with Gasteiger partial charge in [0, 0.05) is 0 Å². The van der Waals surface area contributed by atoms with E-state index >= 15 is 0 Å². The van der Waals surface area contributed by atoms with Crippen LogP contribution in [0.4, 0.5) is 0 Å². The molecule has 0 heterocycles. The molecule has 0 aromatic carbocycles. The van der Waals surface area contributed by atoms with Gasteiger partial charge in [-0.2, -0.15) is 0 Å². The van der Waals surface area contributed by atoms with E-state index < -0.39 is 0 Å². The van der Waals surface area contributed by atoms with E-state index in [1.165, 1.54) is 32.1 Å². The molecule has 0 spiro atoms. The van der Waals surface area contributed by atoms with E-state index in [1.54, 1.807) is 25.7 Å². The Kier molecular flexibility index (Phi) is 3.28. The molecule has 3 fully saturated rings. The van der Waals surface area contributed by atoms with Crippen LogP contribution in [0.25, 0.3) is 0 Å². The van der Waals surface area contributed by atoms with Crippen LogP contribution >= 0.6 is 0 Å². The lowest BCUT2D eigenvalue weighted by Gasteiger charge is -2.55. The molecule has 4 rings (SSSR count). The number of allylic oxidation sites excluding steroid dienone is 2. The topological polar surface area (TPSA) is 0 Å². The van der Waals surface area contributed by atoms with Crippen molar-refractivity contribution in [2.45, 2.75) is 71.6 Å². The maximum atomic E-state index is 2.66. The Bertz CT molecular complexity index is 395. The Balaban J connectivity index is 1.61. The summed E-state index contributed by atoms with van der Waals surface area (Å²) >= 11 is 0. The average molecular weight is 272 g/mol. The Hall–Kier alpha value is -0.260. The van der Waals surface area contributed by atoms with E-state index in [9.17, 15) is 0 Å². The van der Waals surface area contributed by atoms with Gasteiger partial charge in [-0.3, -0.25) is 0 Å². The van der Waals surface area contributed by atoms with Crippen molar-refractivity contribution in [1.29, 1.82) is 0 Å². The molecule has 0 aromatic rings. The van der Waals surface area contributed by atoms with Crippen molar-refractivity contribution in [2.24, 2.45) is 40.9 Å². The maximum absolute atomic E-state index is 2.66. The first-order valence-electron chi connectivity index (χ1n) is 9.40. The maximum Gasteiger partial charge on any atom is -0.0174 e. The fourth-order valence-electron chi connectivity index (χ4n) is 7.14. The van der Waals surface area contributed by atoms with Crippen molar-refractivity contribution in [3.05, 3.63) is 12.2 Å². The summed E-state index contributed by atoms with van der Waals surface area (Å²) in [5, 5.41) is 0. The molecule has 0 radical (unpaired) electrons. The van der Waals surface area contributed by atoms with Gasteiger partial charge in [0.1, 0.15) is 0 Å². The molecule has 0 amide bonds. The van der Waals surface area contributed by atoms with Crippen molar-refractivity contribution < 1.29 is 0 Å². The SMILES string of the molecule is CC[C@H]1CC[C@H]2[C@@H]3CCC4CCC=C[C@@H]4[C@H]3CC[C@]12C. The summed E-state index contributed by atoms with van der Waals surface area (Å²) in [5.74, 6) is 6.26. The Morgan fingerprint density at radius 3 is 2.75 bits per heavy atom. The molecule has 1 unspecified atom stereocenters. The van der Waals surface area contributed by atoms with Crippen LogP contribution in [0, 0.1) is 40.9 Å². The molecule has 112 valence electrons.